The molecule has 4 N–H and O–H groups in total. The van der Waals surface area contributed by atoms with E-state index in [-0.39, 0.29) is 46.4 Å². The van der Waals surface area contributed by atoms with Gasteiger partial charge in [-0.15, -0.1) is 0 Å². The number of fused-ring (bicyclic) bond motifs is 2. The molecule has 0 saturated carbocycles. The molecule has 0 bridgehead atoms. The highest BCUT2D eigenvalue weighted by Crippen LogP contribution is 2.48. The SMILES string of the molecule is CCN1C(=CC=CC=CC2=[N+](CCCCCCCC(=O)CNc3nc(Cl)nc(NCC(=O)O)n3)c3ccc(S(=O)(=O)O)cc3C2(C)C)C(C)(C)c2cc(C)ccc21. The van der Waals surface area contributed by atoms with Crippen molar-refractivity contribution in [2.75, 3.05) is 41.7 Å². The molecule has 5 rings (SSSR count). The average Bonchev–Trinajstić information content (AvgIpc) is 3.49. The average molecular weight is 819 g/mol. The monoisotopic (exact) mass is 818 g/mol. The van der Waals surface area contributed by atoms with E-state index in [2.05, 4.69) is 113 Å². The lowest BCUT2D eigenvalue weighted by molar-refractivity contribution is -0.438. The molecule has 57 heavy (non-hydrogen) atoms. The number of Topliss-reactive ketones (excluding diaryl/α,β-unsaturated/α-hetero) is 1. The molecule has 2 aliphatic heterocycles. The fraction of sp³-hybridized carbons (Fsp3) is 0.429. The summed E-state index contributed by atoms with van der Waals surface area (Å²) in [4.78, 5) is 37.4. The lowest BCUT2D eigenvalue weighted by Gasteiger charge is -2.25. The van der Waals surface area contributed by atoms with Crippen LogP contribution in [-0.4, -0.2) is 81.2 Å². The van der Waals surface area contributed by atoms with Gasteiger partial charge in [0.1, 0.15) is 13.1 Å². The Balaban J connectivity index is 1.20. The highest BCUT2D eigenvalue weighted by Gasteiger charge is 2.45. The normalized spacial score (nSPS) is 16.5. The molecule has 2 aromatic carbocycles. The highest BCUT2D eigenvalue weighted by atomic mass is 35.5. The number of unbranched alkanes of at least 4 members (excludes halogenated alkanes) is 4. The number of carboxylic acids is 1. The summed E-state index contributed by atoms with van der Waals surface area (Å²) in [6.45, 7) is 14.2. The number of hydrogen-bond donors (Lipinski definition) is 4. The van der Waals surface area contributed by atoms with Crippen molar-refractivity contribution in [3.8, 4) is 0 Å². The van der Waals surface area contributed by atoms with E-state index in [4.69, 9.17) is 16.7 Å². The molecule has 0 fully saturated rings. The third-order valence-electron chi connectivity index (χ3n) is 10.5. The van der Waals surface area contributed by atoms with Crippen molar-refractivity contribution in [3.05, 3.63) is 94.4 Å². The number of aryl methyl sites for hydroxylation is 1. The first-order valence-corrected chi connectivity index (χ1v) is 21.1. The first kappa shape index (κ1) is 43.2. The predicted octanol–water partition coefficient (Wildman–Crippen LogP) is 7.79. The second kappa shape index (κ2) is 18.1. The second-order valence-electron chi connectivity index (χ2n) is 15.4. The van der Waals surface area contributed by atoms with E-state index < -0.39 is 21.5 Å². The summed E-state index contributed by atoms with van der Waals surface area (Å²) in [7, 11) is -4.37. The number of hydrogen-bond acceptors (Lipinski definition) is 10. The number of allylic oxidation sites excluding steroid dienone is 6. The molecule has 0 atom stereocenters. The van der Waals surface area contributed by atoms with Crippen LogP contribution in [0, 0.1) is 6.92 Å². The quantitative estimate of drug-likeness (QED) is 0.0400. The number of halogens is 1. The molecule has 0 saturated heterocycles. The lowest BCUT2D eigenvalue weighted by atomic mass is 9.81. The Labute approximate surface area is 340 Å². The number of anilines is 3. The van der Waals surface area contributed by atoms with Crippen molar-refractivity contribution in [3.63, 3.8) is 0 Å². The minimum absolute atomic E-state index is 0.00379. The Morgan fingerprint density at radius 2 is 1.56 bits per heavy atom. The first-order valence-electron chi connectivity index (χ1n) is 19.3. The van der Waals surface area contributed by atoms with Crippen LogP contribution in [0.2, 0.25) is 5.28 Å². The summed E-state index contributed by atoms with van der Waals surface area (Å²) in [5.41, 5.74) is 7.19. The maximum atomic E-state index is 12.5. The molecule has 0 radical (unpaired) electrons. The Bertz CT molecular complexity index is 2250. The largest absolute Gasteiger partial charge is 0.480 e. The van der Waals surface area contributed by atoms with Crippen molar-refractivity contribution >= 4 is 62.5 Å². The van der Waals surface area contributed by atoms with E-state index in [1.54, 1.807) is 12.1 Å². The van der Waals surface area contributed by atoms with Gasteiger partial charge in [0, 0.05) is 53.9 Å². The molecule has 0 unspecified atom stereocenters. The zero-order valence-corrected chi connectivity index (χ0v) is 35.0. The van der Waals surface area contributed by atoms with E-state index in [9.17, 15) is 22.6 Å². The number of rotatable bonds is 19. The fourth-order valence-electron chi connectivity index (χ4n) is 7.59. The molecule has 13 nitrogen and oxygen atoms in total. The van der Waals surface area contributed by atoms with Crippen LogP contribution in [0.5, 0.6) is 0 Å². The number of ketones is 1. The van der Waals surface area contributed by atoms with E-state index in [1.807, 2.05) is 12.2 Å². The summed E-state index contributed by atoms with van der Waals surface area (Å²) < 4.78 is 36.3. The molecule has 2 aliphatic rings. The van der Waals surface area contributed by atoms with Gasteiger partial charge >= 0.3 is 5.97 Å². The van der Waals surface area contributed by atoms with E-state index >= 15 is 0 Å². The van der Waals surface area contributed by atoms with E-state index in [0.717, 1.165) is 55.6 Å². The first-order chi connectivity index (χ1) is 26.9. The topological polar surface area (TPSA) is 178 Å². The van der Waals surface area contributed by atoms with E-state index in [0.29, 0.717) is 13.0 Å². The van der Waals surface area contributed by atoms with Gasteiger partial charge in [0.15, 0.2) is 11.5 Å². The number of carboxylic acid groups (broad SMARTS) is 1. The van der Waals surface area contributed by atoms with Gasteiger partial charge in [0.2, 0.25) is 22.9 Å². The number of carbonyl (C=O) groups is 2. The number of nitrogens with one attached hydrogen (secondary N) is 2. The molecule has 304 valence electrons. The Kier molecular flexibility index (Phi) is 13.7. The van der Waals surface area contributed by atoms with Crippen molar-refractivity contribution in [1.29, 1.82) is 0 Å². The van der Waals surface area contributed by atoms with Crippen molar-refractivity contribution in [1.82, 2.24) is 15.0 Å². The molecule has 15 heteroatoms. The van der Waals surface area contributed by atoms with Crippen LogP contribution in [0.3, 0.4) is 0 Å². The molecule has 1 aromatic heterocycles. The summed E-state index contributed by atoms with van der Waals surface area (Å²) in [5, 5.41) is 14.1. The van der Waals surface area contributed by atoms with Gasteiger partial charge < -0.3 is 20.6 Å². The van der Waals surface area contributed by atoms with Gasteiger partial charge in [0.25, 0.3) is 10.1 Å². The maximum absolute atomic E-state index is 12.5. The number of nitrogens with zero attached hydrogens (tertiary/aromatic N) is 5. The fourth-order valence-corrected chi connectivity index (χ4v) is 8.26. The van der Waals surface area contributed by atoms with Crippen molar-refractivity contribution in [2.24, 2.45) is 0 Å². The van der Waals surface area contributed by atoms with Crippen LogP contribution in [0.15, 0.2) is 77.4 Å². The standard InChI is InChI=1S/C42H52ClN7O6S/c1-7-49-33-21-19-28(2)24-31(33)41(3,4)35(49)17-13-11-14-18-36-42(5,6)32-25-30(57(54,55)56)20-22-34(32)50(36)23-15-10-8-9-12-16-29(51)26-44-39-46-38(43)47-40(48-39)45-27-37(52)53/h11,13-14,17-22,24-25H,7-10,12,15-16,23,26-27H2,1-6H3,(H3-,44,45,46,47,48,52,53,54,55,56)/p+1. The third kappa shape index (κ3) is 10.3. The van der Waals surface area contributed by atoms with Gasteiger partial charge in [-0.05, 0) is 82.0 Å². The van der Waals surface area contributed by atoms with Crippen molar-refractivity contribution in [2.45, 2.75) is 95.8 Å². The predicted molar refractivity (Wildman–Crippen MR) is 225 cm³/mol. The zero-order valence-electron chi connectivity index (χ0n) is 33.5. The van der Waals surface area contributed by atoms with Crippen molar-refractivity contribution < 1.29 is 32.2 Å². The molecule has 3 aromatic rings. The minimum atomic E-state index is -4.37. The molecule has 0 spiro atoms. The summed E-state index contributed by atoms with van der Waals surface area (Å²) in [5.74, 6) is -1.02. The van der Waals surface area contributed by atoms with Crippen LogP contribution in [0.1, 0.15) is 89.8 Å². The van der Waals surface area contributed by atoms with Gasteiger partial charge in [-0.1, -0.05) is 62.6 Å². The number of aliphatic carboxylic acids is 1. The maximum Gasteiger partial charge on any atom is 0.322 e. The third-order valence-corrected chi connectivity index (χ3v) is 11.6. The number of aromatic nitrogens is 3. The van der Waals surface area contributed by atoms with Crippen LogP contribution in [0.25, 0.3) is 0 Å². The van der Waals surface area contributed by atoms with Gasteiger partial charge in [-0.3, -0.25) is 14.1 Å². The molecular weight excluding hydrogens is 766 g/mol. The molecule has 3 heterocycles. The van der Waals surface area contributed by atoms with Crippen LogP contribution in [0.4, 0.5) is 23.3 Å². The Morgan fingerprint density at radius 1 is 0.877 bits per heavy atom. The summed E-state index contributed by atoms with van der Waals surface area (Å²) in [6, 6.07) is 11.5. The number of carbonyl (C=O) groups excluding carboxylic acids is 1. The van der Waals surface area contributed by atoms with E-state index in [1.165, 1.54) is 28.6 Å². The molecule has 0 aliphatic carbocycles. The number of benzene rings is 2. The smallest absolute Gasteiger partial charge is 0.322 e. The Morgan fingerprint density at radius 3 is 2.25 bits per heavy atom. The van der Waals surface area contributed by atoms with Gasteiger partial charge in [0.05, 0.1) is 16.9 Å². The second-order valence-corrected chi connectivity index (χ2v) is 17.2. The summed E-state index contributed by atoms with van der Waals surface area (Å²) >= 11 is 5.90. The molecular formula is C42H53ClN7O6S+. The summed E-state index contributed by atoms with van der Waals surface area (Å²) in [6.07, 6.45) is 15.2. The van der Waals surface area contributed by atoms with Gasteiger partial charge in [-0.2, -0.15) is 27.9 Å². The van der Waals surface area contributed by atoms with Crippen LogP contribution in [-0.2, 0) is 30.5 Å². The highest BCUT2D eigenvalue weighted by molar-refractivity contribution is 7.85. The Hall–Kier alpha value is -4.92. The van der Waals surface area contributed by atoms with Crippen LogP contribution < -0.4 is 15.5 Å². The lowest BCUT2D eigenvalue weighted by Crippen LogP contribution is -2.28. The number of likely N-dealkylation sites (N-methyl/N-ethyl adjacent to an activating group) is 1. The molecule has 0 amide bonds. The van der Waals surface area contributed by atoms with Gasteiger partial charge in [-0.25, -0.2) is 0 Å². The minimum Gasteiger partial charge on any atom is -0.480 e. The van der Waals surface area contributed by atoms with Crippen LogP contribution >= 0.6 is 11.6 Å². The zero-order chi connectivity index (χ0) is 41.5.